The van der Waals surface area contributed by atoms with E-state index in [1.54, 1.807) is 0 Å². The summed E-state index contributed by atoms with van der Waals surface area (Å²) < 4.78 is 7.78. The Bertz CT molecular complexity index is 1210. The van der Waals surface area contributed by atoms with Gasteiger partial charge in [0.1, 0.15) is 24.3 Å². The Morgan fingerprint density at radius 3 is 2.44 bits per heavy atom. The van der Waals surface area contributed by atoms with Gasteiger partial charge in [0.15, 0.2) is 0 Å². The topological polar surface area (TPSA) is 67.6 Å². The first-order valence-corrected chi connectivity index (χ1v) is 10.9. The summed E-state index contributed by atoms with van der Waals surface area (Å²) in [5, 5.41) is 10.7. The molecule has 32 heavy (non-hydrogen) atoms. The number of aromatic nitrogens is 2. The van der Waals surface area contributed by atoms with Crippen LogP contribution in [0.1, 0.15) is 18.2 Å². The van der Waals surface area contributed by atoms with Crippen molar-refractivity contribution < 1.29 is 14.6 Å². The van der Waals surface area contributed by atoms with Gasteiger partial charge in [-0.25, -0.2) is 4.98 Å². The molecule has 1 amide bonds. The largest absolute Gasteiger partial charge is 0.491 e. The van der Waals surface area contributed by atoms with E-state index in [1.807, 2.05) is 94.4 Å². The number of fused-ring (bicyclic) bond motifs is 1. The number of imidazole rings is 1. The van der Waals surface area contributed by atoms with Crippen molar-refractivity contribution in [3.63, 3.8) is 0 Å². The van der Waals surface area contributed by atoms with Crippen molar-refractivity contribution in [2.24, 2.45) is 0 Å². The maximum atomic E-state index is 12.8. The molecule has 1 N–H and O–H groups in total. The van der Waals surface area contributed by atoms with E-state index in [1.165, 1.54) is 0 Å². The number of benzene rings is 3. The molecular weight excluding hydrogens is 402 g/mol. The van der Waals surface area contributed by atoms with Gasteiger partial charge in [0.2, 0.25) is 5.91 Å². The second kappa shape index (κ2) is 8.85. The summed E-state index contributed by atoms with van der Waals surface area (Å²) in [6.45, 7) is 1.09. The highest BCUT2D eigenvalue weighted by atomic mass is 16.5. The zero-order valence-electron chi connectivity index (χ0n) is 17.7. The van der Waals surface area contributed by atoms with Gasteiger partial charge in [0, 0.05) is 24.6 Å². The molecule has 2 heterocycles. The van der Waals surface area contributed by atoms with E-state index >= 15 is 0 Å². The molecule has 4 aromatic rings. The quantitative estimate of drug-likeness (QED) is 0.484. The van der Waals surface area contributed by atoms with Gasteiger partial charge in [0.05, 0.1) is 17.6 Å². The second-order valence-corrected chi connectivity index (χ2v) is 8.09. The van der Waals surface area contributed by atoms with Crippen LogP contribution in [0.4, 0.5) is 5.69 Å². The summed E-state index contributed by atoms with van der Waals surface area (Å²) in [6.07, 6.45) is -0.316. The molecule has 0 saturated carbocycles. The van der Waals surface area contributed by atoms with Gasteiger partial charge in [0.25, 0.3) is 0 Å². The van der Waals surface area contributed by atoms with Crippen molar-refractivity contribution >= 4 is 22.6 Å². The number of carbonyl (C=O) groups excluding carboxylic acids is 1. The standard InChI is InChI=1S/C26H25N3O3/c30-21(18-32-22-11-5-2-6-12-22)17-29-24-14-8-7-13-23(24)27-26(29)19-15-25(31)28(16-19)20-9-3-1-4-10-20/h1-14,19,21,30H,15-18H2/t19-,21+/m1/s1. The molecule has 6 nitrogen and oxygen atoms in total. The predicted molar refractivity (Wildman–Crippen MR) is 124 cm³/mol. The monoisotopic (exact) mass is 427 g/mol. The zero-order chi connectivity index (χ0) is 21.9. The fourth-order valence-electron chi connectivity index (χ4n) is 4.31. The first-order chi connectivity index (χ1) is 15.7. The molecule has 3 aromatic carbocycles. The molecule has 5 rings (SSSR count). The minimum absolute atomic E-state index is 0.0441. The average molecular weight is 428 g/mol. The fraction of sp³-hybridized carbons (Fsp3) is 0.231. The van der Waals surface area contributed by atoms with E-state index in [4.69, 9.17) is 9.72 Å². The van der Waals surface area contributed by atoms with Gasteiger partial charge < -0.3 is 19.3 Å². The summed E-state index contributed by atoms with van der Waals surface area (Å²) in [4.78, 5) is 19.5. The lowest BCUT2D eigenvalue weighted by atomic mass is 10.1. The van der Waals surface area contributed by atoms with Crippen LogP contribution in [0.5, 0.6) is 5.75 Å². The SMILES string of the molecule is O=C1C[C@@H](c2nc3ccccc3n2C[C@H](O)COc2ccccc2)CN1c1ccccc1. The van der Waals surface area contributed by atoms with Gasteiger partial charge in [-0.05, 0) is 36.4 Å². The number of nitrogens with zero attached hydrogens (tertiary/aromatic N) is 3. The van der Waals surface area contributed by atoms with Gasteiger partial charge in [-0.1, -0.05) is 48.5 Å². The second-order valence-electron chi connectivity index (χ2n) is 8.09. The first kappa shape index (κ1) is 20.3. The zero-order valence-corrected chi connectivity index (χ0v) is 17.7. The van der Waals surface area contributed by atoms with Crippen LogP contribution in [0.25, 0.3) is 11.0 Å². The minimum Gasteiger partial charge on any atom is -0.491 e. The van der Waals surface area contributed by atoms with Crippen LogP contribution in [0, 0.1) is 0 Å². The molecule has 1 fully saturated rings. The van der Waals surface area contributed by atoms with Crippen LogP contribution in [-0.4, -0.2) is 39.8 Å². The lowest BCUT2D eigenvalue weighted by Gasteiger charge is -2.19. The third-order valence-electron chi connectivity index (χ3n) is 5.82. The molecule has 0 unspecified atom stereocenters. The van der Waals surface area contributed by atoms with Crippen LogP contribution >= 0.6 is 0 Å². The van der Waals surface area contributed by atoms with Crippen molar-refractivity contribution in [3.05, 3.63) is 90.8 Å². The van der Waals surface area contributed by atoms with Gasteiger partial charge in [-0.3, -0.25) is 4.79 Å². The Labute approximate surface area is 186 Å². The van der Waals surface area contributed by atoms with Crippen LogP contribution in [-0.2, 0) is 11.3 Å². The molecule has 0 aliphatic carbocycles. The highest BCUT2D eigenvalue weighted by molar-refractivity contribution is 5.96. The molecule has 162 valence electrons. The summed E-state index contributed by atoms with van der Waals surface area (Å²) in [5.41, 5.74) is 2.72. The molecule has 2 atom stereocenters. The third-order valence-corrected chi connectivity index (χ3v) is 5.82. The molecule has 1 aliphatic rings. The third kappa shape index (κ3) is 4.09. The van der Waals surface area contributed by atoms with Crippen molar-refractivity contribution in [1.82, 2.24) is 9.55 Å². The maximum Gasteiger partial charge on any atom is 0.227 e. The molecule has 1 aromatic heterocycles. The van der Waals surface area contributed by atoms with Gasteiger partial charge in [-0.15, -0.1) is 0 Å². The average Bonchev–Trinajstić information content (AvgIpc) is 3.39. The van der Waals surface area contributed by atoms with Crippen molar-refractivity contribution in [2.75, 3.05) is 18.1 Å². The van der Waals surface area contributed by atoms with Crippen LogP contribution in [0.15, 0.2) is 84.9 Å². The van der Waals surface area contributed by atoms with E-state index in [9.17, 15) is 9.90 Å². The van der Waals surface area contributed by atoms with E-state index in [-0.39, 0.29) is 18.4 Å². The van der Waals surface area contributed by atoms with E-state index in [0.717, 1.165) is 28.3 Å². The first-order valence-electron chi connectivity index (χ1n) is 10.9. The number of anilines is 1. The predicted octanol–water partition coefficient (Wildman–Crippen LogP) is 4.00. The number of para-hydroxylation sites is 4. The summed E-state index contributed by atoms with van der Waals surface area (Å²) in [5.74, 6) is 1.60. The van der Waals surface area contributed by atoms with E-state index in [0.29, 0.717) is 19.5 Å². The van der Waals surface area contributed by atoms with Crippen molar-refractivity contribution in [1.29, 1.82) is 0 Å². The van der Waals surface area contributed by atoms with Crippen LogP contribution < -0.4 is 9.64 Å². The molecule has 6 heteroatoms. The normalized spacial score (nSPS) is 17.1. The number of rotatable bonds is 7. The van der Waals surface area contributed by atoms with Crippen molar-refractivity contribution in [2.45, 2.75) is 25.0 Å². The van der Waals surface area contributed by atoms with E-state index < -0.39 is 6.10 Å². The number of ether oxygens (including phenoxy) is 1. The summed E-state index contributed by atoms with van der Waals surface area (Å²) >= 11 is 0. The molecular formula is C26H25N3O3. The Balaban J connectivity index is 1.39. The van der Waals surface area contributed by atoms with Crippen LogP contribution in [0.3, 0.4) is 0 Å². The number of aliphatic hydroxyl groups excluding tert-OH is 1. The highest BCUT2D eigenvalue weighted by Gasteiger charge is 2.35. The Morgan fingerprint density at radius 2 is 1.66 bits per heavy atom. The lowest BCUT2D eigenvalue weighted by molar-refractivity contribution is -0.117. The smallest absolute Gasteiger partial charge is 0.227 e. The molecule has 0 radical (unpaired) electrons. The number of carbonyl (C=O) groups is 1. The Hall–Kier alpha value is -3.64. The van der Waals surface area contributed by atoms with E-state index in [2.05, 4.69) is 0 Å². The van der Waals surface area contributed by atoms with Crippen molar-refractivity contribution in [3.8, 4) is 5.75 Å². The number of hydrogen-bond acceptors (Lipinski definition) is 4. The minimum atomic E-state index is -0.714. The lowest BCUT2D eigenvalue weighted by Crippen LogP contribution is -2.26. The van der Waals surface area contributed by atoms with Gasteiger partial charge >= 0.3 is 0 Å². The molecule has 1 saturated heterocycles. The van der Waals surface area contributed by atoms with Crippen LogP contribution in [0.2, 0.25) is 0 Å². The Morgan fingerprint density at radius 1 is 0.969 bits per heavy atom. The Kier molecular flexibility index (Phi) is 5.60. The molecule has 0 spiro atoms. The maximum absolute atomic E-state index is 12.8. The molecule has 0 bridgehead atoms. The fourth-order valence-corrected chi connectivity index (χ4v) is 4.31. The number of amides is 1. The highest BCUT2D eigenvalue weighted by Crippen LogP contribution is 2.33. The van der Waals surface area contributed by atoms with Gasteiger partial charge in [-0.2, -0.15) is 0 Å². The summed E-state index contributed by atoms with van der Waals surface area (Å²) in [7, 11) is 0. The number of aliphatic hydroxyl groups is 1. The molecule has 1 aliphatic heterocycles. The summed E-state index contributed by atoms with van der Waals surface area (Å²) in [6, 6.07) is 27.1. The number of hydrogen-bond donors (Lipinski definition) is 1.